The molecule has 0 fully saturated rings. The standard InChI is InChI=1S/C26H38N4O2/c1-5-7-19-32-24-13-11-21(12-14-24)15-17-28-26(27-6-2)29-18-16-22-9-8-10-23(20-22)25(31)30(3)4/h8-14,20H,5-7,15-19H2,1-4H3,(H2,27,28,29). The first-order valence-corrected chi connectivity index (χ1v) is 11.6. The number of hydrogen-bond donors (Lipinski definition) is 2. The molecule has 6 heteroatoms. The summed E-state index contributed by atoms with van der Waals surface area (Å²) in [6.45, 7) is 7.25. The van der Waals surface area contributed by atoms with E-state index < -0.39 is 0 Å². The van der Waals surface area contributed by atoms with Gasteiger partial charge < -0.3 is 20.3 Å². The van der Waals surface area contributed by atoms with Crippen molar-refractivity contribution < 1.29 is 9.53 Å². The first-order chi connectivity index (χ1) is 15.5. The van der Waals surface area contributed by atoms with Gasteiger partial charge >= 0.3 is 0 Å². The second kappa shape index (κ2) is 14.1. The Balaban J connectivity index is 1.82. The van der Waals surface area contributed by atoms with Crippen LogP contribution in [0.25, 0.3) is 0 Å². The third-order valence-corrected chi connectivity index (χ3v) is 4.99. The average molecular weight is 439 g/mol. The molecule has 0 aliphatic heterocycles. The average Bonchev–Trinajstić information content (AvgIpc) is 2.80. The SMILES string of the molecule is CCCCOc1ccc(CCN=C(NCC)NCCc2cccc(C(=O)N(C)C)c2)cc1. The van der Waals surface area contributed by atoms with Crippen LogP contribution in [-0.2, 0) is 12.8 Å². The summed E-state index contributed by atoms with van der Waals surface area (Å²) in [4.78, 5) is 18.4. The summed E-state index contributed by atoms with van der Waals surface area (Å²) < 4.78 is 5.72. The number of ether oxygens (including phenoxy) is 1. The molecule has 2 rings (SSSR count). The number of nitrogens with one attached hydrogen (secondary N) is 2. The monoisotopic (exact) mass is 438 g/mol. The van der Waals surface area contributed by atoms with Gasteiger partial charge in [0.1, 0.15) is 5.75 Å². The molecule has 0 spiro atoms. The topological polar surface area (TPSA) is 66.0 Å². The molecule has 2 N–H and O–H groups in total. The first kappa shape index (κ1) is 25.2. The third kappa shape index (κ3) is 9.00. The summed E-state index contributed by atoms with van der Waals surface area (Å²) in [5.41, 5.74) is 3.09. The van der Waals surface area contributed by atoms with E-state index in [-0.39, 0.29) is 5.91 Å². The number of carbonyl (C=O) groups is 1. The van der Waals surface area contributed by atoms with Crippen LogP contribution in [0.15, 0.2) is 53.5 Å². The quantitative estimate of drug-likeness (QED) is 0.300. The van der Waals surface area contributed by atoms with E-state index in [1.54, 1.807) is 19.0 Å². The second-order valence-corrected chi connectivity index (χ2v) is 7.93. The Morgan fingerprint density at radius 2 is 1.78 bits per heavy atom. The molecule has 0 bridgehead atoms. The molecular weight excluding hydrogens is 400 g/mol. The number of nitrogens with zero attached hydrogens (tertiary/aromatic N) is 2. The van der Waals surface area contributed by atoms with Gasteiger partial charge in [-0.25, -0.2) is 0 Å². The van der Waals surface area contributed by atoms with Crippen LogP contribution in [0.5, 0.6) is 5.75 Å². The highest BCUT2D eigenvalue weighted by atomic mass is 16.5. The molecule has 0 aliphatic rings. The van der Waals surface area contributed by atoms with Gasteiger partial charge in [-0.2, -0.15) is 0 Å². The van der Waals surface area contributed by atoms with Crippen LogP contribution >= 0.6 is 0 Å². The van der Waals surface area contributed by atoms with Crippen LogP contribution < -0.4 is 15.4 Å². The minimum atomic E-state index is 0.0234. The zero-order valence-corrected chi connectivity index (χ0v) is 20.0. The van der Waals surface area contributed by atoms with E-state index in [9.17, 15) is 4.79 Å². The van der Waals surface area contributed by atoms with Gasteiger partial charge in [-0.05, 0) is 61.6 Å². The minimum Gasteiger partial charge on any atom is -0.494 e. The second-order valence-electron chi connectivity index (χ2n) is 7.93. The van der Waals surface area contributed by atoms with E-state index in [2.05, 4.69) is 36.6 Å². The molecule has 0 saturated carbocycles. The van der Waals surface area contributed by atoms with Crippen molar-refractivity contribution in [2.75, 3.05) is 40.3 Å². The van der Waals surface area contributed by atoms with Gasteiger partial charge in [0.05, 0.1) is 6.61 Å². The molecule has 0 radical (unpaired) electrons. The van der Waals surface area contributed by atoms with Gasteiger partial charge in [0.25, 0.3) is 5.91 Å². The number of rotatable bonds is 12. The normalized spacial score (nSPS) is 11.2. The molecule has 6 nitrogen and oxygen atoms in total. The van der Waals surface area contributed by atoms with Crippen molar-refractivity contribution >= 4 is 11.9 Å². The Hall–Kier alpha value is -3.02. The molecule has 2 aromatic rings. The van der Waals surface area contributed by atoms with Crippen molar-refractivity contribution in [3.8, 4) is 5.75 Å². The molecule has 32 heavy (non-hydrogen) atoms. The summed E-state index contributed by atoms with van der Waals surface area (Å²) >= 11 is 0. The van der Waals surface area contributed by atoms with Crippen molar-refractivity contribution in [2.45, 2.75) is 39.5 Å². The van der Waals surface area contributed by atoms with E-state index in [0.29, 0.717) is 6.54 Å². The fraction of sp³-hybridized carbons (Fsp3) is 0.462. The van der Waals surface area contributed by atoms with Crippen molar-refractivity contribution in [1.82, 2.24) is 15.5 Å². The van der Waals surface area contributed by atoms with E-state index >= 15 is 0 Å². The van der Waals surface area contributed by atoms with Crippen molar-refractivity contribution in [1.29, 1.82) is 0 Å². The smallest absolute Gasteiger partial charge is 0.253 e. The number of aliphatic imine (C=N–C) groups is 1. The van der Waals surface area contributed by atoms with Crippen molar-refractivity contribution in [3.05, 3.63) is 65.2 Å². The van der Waals surface area contributed by atoms with Crippen molar-refractivity contribution in [2.24, 2.45) is 4.99 Å². The maximum absolute atomic E-state index is 12.2. The Morgan fingerprint density at radius 1 is 1.00 bits per heavy atom. The van der Waals surface area contributed by atoms with E-state index in [0.717, 1.165) is 68.2 Å². The van der Waals surface area contributed by atoms with Crippen LogP contribution in [-0.4, -0.2) is 57.1 Å². The number of guanidine groups is 1. The molecule has 174 valence electrons. The van der Waals surface area contributed by atoms with Gasteiger partial charge in [0.2, 0.25) is 0 Å². The number of hydrogen-bond acceptors (Lipinski definition) is 3. The lowest BCUT2D eigenvalue weighted by Gasteiger charge is -2.13. The first-order valence-electron chi connectivity index (χ1n) is 11.6. The highest BCUT2D eigenvalue weighted by molar-refractivity contribution is 5.94. The largest absolute Gasteiger partial charge is 0.494 e. The highest BCUT2D eigenvalue weighted by Gasteiger charge is 2.08. The molecule has 0 aliphatic carbocycles. The van der Waals surface area contributed by atoms with Crippen molar-refractivity contribution in [3.63, 3.8) is 0 Å². The molecule has 2 aromatic carbocycles. The van der Waals surface area contributed by atoms with Crippen LogP contribution in [0.3, 0.4) is 0 Å². The zero-order valence-electron chi connectivity index (χ0n) is 20.0. The Bertz CT molecular complexity index is 847. The summed E-state index contributed by atoms with van der Waals surface area (Å²) in [6.07, 6.45) is 3.91. The zero-order chi connectivity index (χ0) is 23.2. The Kier molecular flexibility index (Phi) is 11.1. The highest BCUT2D eigenvalue weighted by Crippen LogP contribution is 2.13. The molecule has 1 amide bonds. The number of unbranched alkanes of at least 4 members (excludes halogenated alkanes) is 1. The number of carbonyl (C=O) groups excluding carboxylic acids is 1. The Labute approximate surface area is 193 Å². The minimum absolute atomic E-state index is 0.0234. The van der Waals surface area contributed by atoms with Crippen LogP contribution in [0.2, 0.25) is 0 Å². The lowest BCUT2D eigenvalue weighted by molar-refractivity contribution is 0.0827. The predicted molar refractivity (Wildman–Crippen MR) is 133 cm³/mol. The predicted octanol–water partition coefficient (Wildman–Crippen LogP) is 3.91. The number of amides is 1. The van der Waals surface area contributed by atoms with Crippen LogP contribution in [0.4, 0.5) is 0 Å². The summed E-state index contributed by atoms with van der Waals surface area (Å²) in [5.74, 6) is 1.76. The fourth-order valence-electron chi connectivity index (χ4n) is 3.17. The third-order valence-electron chi connectivity index (χ3n) is 4.99. The summed E-state index contributed by atoms with van der Waals surface area (Å²) in [5, 5.41) is 6.68. The molecule has 0 aromatic heterocycles. The summed E-state index contributed by atoms with van der Waals surface area (Å²) in [6, 6.07) is 16.1. The lowest BCUT2D eigenvalue weighted by atomic mass is 10.1. The number of benzene rings is 2. The van der Waals surface area contributed by atoms with Crippen LogP contribution in [0.1, 0.15) is 48.2 Å². The van der Waals surface area contributed by atoms with E-state index in [1.807, 2.05) is 36.4 Å². The van der Waals surface area contributed by atoms with Gasteiger partial charge in [-0.1, -0.05) is 37.6 Å². The summed E-state index contributed by atoms with van der Waals surface area (Å²) in [7, 11) is 3.54. The van der Waals surface area contributed by atoms with Gasteiger partial charge in [-0.3, -0.25) is 9.79 Å². The lowest BCUT2D eigenvalue weighted by Crippen LogP contribution is -2.38. The van der Waals surface area contributed by atoms with Gasteiger partial charge in [0.15, 0.2) is 5.96 Å². The van der Waals surface area contributed by atoms with E-state index in [1.165, 1.54) is 5.56 Å². The maximum Gasteiger partial charge on any atom is 0.253 e. The molecule has 0 saturated heterocycles. The molecule has 0 atom stereocenters. The maximum atomic E-state index is 12.2. The Morgan fingerprint density at radius 3 is 2.47 bits per heavy atom. The van der Waals surface area contributed by atoms with Gasteiger partial charge in [0, 0.05) is 39.3 Å². The molecular formula is C26H38N4O2. The fourth-order valence-corrected chi connectivity index (χ4v) is 3.17. The molecule has 0 heterocycles. The van der Waals surface area contributed by atoms with Crippen LogP contribution in [0, 0.1) is 0 Å². The molecule has 0 unspecified atom stereocenters. The van der Waals surface area contributed by atoms with E-state index in [4.69, 9.17) is 9.73 Å². The van der Waals surface area contributed by atoms with Gasteiger partial charge in [-0.15, -0.1) is 0 Å².